The number of carbonyl (C=O) groups is 1. The predicted octanol–water partition coefficient (Wildman–Crippen LogP) is 0.687. The van der Waals surface area contributed by atoms with Gasteiger partial charge < -0.3 is 19.5 Å². The smallest absolute Gasteiger partial charge is 0.313 e. The van der Waals surface area contributed by atoms with Gasteiger partial charge in [-0.05, 0) is 19.8 Å². The normalized spacial score (nSPS) is 23.5. The molecule has 2 heterocycles. The summed E-state index contributed by atoms with van der Waals surface area (Å²) in [5.41, 5.74) is 0. The van der Waals surface area contributed by atoms with E-state index in [1.807, 2.05) is 11.5 Å². The van der Waals surface area contributed by atoms with E-state index < -0.39 is 5.97 Å². The third-order valence-corrected chi connectivity index (χ3v) is 3.95. The van der Waals surface area contributed by atoms with E-state index in [9.17, 15) is 9.90 Å². The predicted molar refractivity (Wildman–Crippen MR) is 68.0 cm³/mol. The highest BCUT2D eigenvalue weighted by Crippen LogP contribution is 2.30. The fourth-order valence-electron chi connectivity index (χ4n) is 2.22. The van der Waals surface area contributed by atoms with Crippen LogP contribution in [0.2, 0.25) is 0 Å². The minimum atomic E-state index is -0.898. The molecule has 19 heavy (non-hydrogen) atoms. The molecule has 2 unspecified atom stereocenters. The zero-order valence-corrected chi connectivity index (χ0v) is 11.5. The summed E-state index contributed by atoms with van der Waals surface area (Å²) >= 11 is 1.12. The number of rotatable bonds is 5. The molecule has 1 fully saturated rings. The number of carboxylic acid groups (broad SMARTS) is 1. The Morgan fingerprint density at radius 3 is 3.00 bits per heavy atom. The first-order chi connectivity index (χ1) is 9.11. The van der Waals surface area contributed by atoms with Crippen molar-refractivity contribution in [1.29, 1.82) is 0 Å². The second kappa shape index (κ2) is 6.36. The van der Waals surface area contributed by atoms with Crippen molar-refractivity contribution in [3.05, 3.63) is 5.82 Å². The summed E-state index contributed by atoms with van der Waals surface area (Å²) in [5.74, 6) is -0.486. The SMILES string of the molecule is CC1CC(n2c(CO)nnc2SCC(=O)O)CCO1. The maximum Gasteiger partial charge on any atom is 0.313 e. The highest BCUT2D eigenvalue weighted by Gasteiger charge is 2.26. The first kappa shape index (κ1) is 14.3. The van der Waals surface area contributed by atoms with E-state index in [0.717, 1.165) is 24.6 Å². The fourth-order valence-corrected chi connectivity index (χ4v) is 2.96. The van der Waals surface area contributed by atoms with Crippen molar-refractivity contribution < 1.29 is 19.7 Å². The molecule has 0 bridgehead atoms. The Kier molecular flexibility index (Phi) is 4.78. The molecule has 1 aromatic heterocycles. The average molecular weight is 287 g/mol. The average Bonchev–Trinajstić information content (AvgIpc) is 2.79. The van der Waals surface area contributed by atoms with Gasteiger partial charge in [0, 0.05) is 12.6 Å². The number of hydrogen-bond acceptors (Lipinski definition) is 6. The molecule has 1 aliphatic heterocycles. The van der Waals surface area contributed by atoms with Crippen LogP contribution in [0.3, 0.4) is 0 Å². The Labute approximate surface area is 115 Å². The molecule has 2 atom stereocenters. The van der Waals surface area contributed by atoms with E-state index in [0.29, 0.717) is 17.6 Å². The molecule has 1 saturated heterocycles. The summed E-state index contributed by atoms with van der Waals surface area (Å²) in [6.45, 7) is 2.45. The lowest BCUT2D eigenvalue weighted by Crippen LogP contribution is -2.27. The van der Waals surface area contributed by atoms with Crippen LogP contribution in [-0.4, -0.2) is 49.4 Å². The van der Waals surface area contributed by atoms with Crippen LogP contribution in [0.1, 0.15) is 31.6 Å². The van der Waals surface area contributed by atoms with Crippen molar-refractivity contribution in [1.82, 2.24) is 14.8 Å². The second-order valence-electron chi connectivity index (χ2n) is 4.47. The van der Waals surface area contributed by atoms with Gasteiger partial charge in [0.2, 0.25) is 0 Å². The van der Waals surface area contributed by atoms with E-state index in [1.165, 1.54) is 0 Å². The van der Waals surface area contributed by atoms with Crippen LogP contribution in [0.15, 0.2) is 5.16 Å². The topological polar surface area (TPSA) is 97.5 Å². The van der Waals surface area contributed by atoms with E-state index in [4.69, 9.17) is 9.84 Å². The van der Waals surface area contributed by atoms with Gasteiger partial charge in [-0.25, -0.2) is 0 Å². The molecule has 2 N–H and O–H groups in total. The molecule has 1 aromatic rings. The lowest BCUT2D eigenvalue weighted by molar-refractivity contribution is -0.133. The van der Waals surface area contributed by atoms with Gasteiger partial charge in [0.1, 0.15) is 6.61 Å². The van der Waals surface area contributed by atoms with Gasteiger partial charge in [0.15, 0.2) is 11.0 Å². The van der Waals surface area contributed by atoms with Crippen LogP contribution >= 0.6 is 11.8 Å². The lowest BCUT2D eigenvalue weighted by atomic mass is 10.0. The highest BCUT2D eigenvalue weighted by molar-refractivity contribution is 7.99. The van der Waals surface area contributed by atoms with Crippen LogP contribution in [-0.2, 0) is 16.1 Å². The monoisotopic (exact) mass is 287 g/mol. The number of aliphatic hydroxyl groups is 1. The number of thioether (sulfide) groups is 1. The fraction of sp³-hybridized carbons (Fsp3) is 0.727. The number of aliphatic carboxylic acids is 1. The molecule has 2 rings (SSSR count). The van der Waals surface area contributed by atoms with E-state index in [1.54, 1.807) is 0 Å². The lowest BCUT2D eigenvalue weighted by Gasteiger charge is -2.29. The number of nitrogens with zero attached hydrogens (tertiary/aromatic N) is 3. The zero-order chi connectivity index (χ0) is 13.8. The molecule has 0 aromatic carbocycles. The van der Waals surface area contributed by atoms with Crippen molar-refractivity contribution in [3.63, 3.8) is 0 Å². The molecule has 0 aliphatic carbocycles. The molecule has 0 saturated carbocycles. The molecular weight excluding hydrogens is 270 g/mol. The first-order valence-corrected chi connectivity index (χ1v) is 7.11. The molecule has 8 heteroatoms. The van der Waals surface area contributed by atoms with Crippen LogP contribution in [0.25, 0.3) is 0 Å². The summed E-state index contributed by atoms with van der Waals surface area (Å²) in [4.78, 5) is 10.6. The van der Waals surface area contributed by atoms with E-state index in [-0.39, 0.29) is 24.5 Å². The van der Waals surface area contributed by atoms with Crippen LogP contribution in [0.4, 0.5) is 0 Å². The van der Waals surface area contributed by atoms with E-state index in [2.05, 4.69) is 10.2 Å². The summed E-state index contributed by atoms with van der Waals surface area (Å²) in [6, 6.07) is 0.150. The van der Waals surface area contributed by atoms with Crippen molar-refractivity contribution >= 4 is 17.7 Å². The number of ether oxygens (including phenoxy) is 1. The second-order valence-corrected chi connectivity index (χ2v) is 5.41. The van der Waals surface area contributed by atoms with Gasteiger partial charge in [-0.3, -0.25) is 4.79 Å². The summed E-state index contributed by atoms with van der Waals surface area (Å²) in [5, 5.41) is 26.5. The summed E-state index contributed by atoms with van der Waals surface area (Å²) in [7, 11) is 0. The van der Waals surface area contributed by atoms with Gasteiger partial charge in [-0.2, -0.15) is 0 Å². The standard InChI is InChI=1S/C11H17N3O4S/c1-7-4-8(2-3-18-7)14-9(5-15)12-13-11(14)19-6-10(16)17/h7-8,15H,2-6H2,1H3,(H,16,17). The van der Waals surface area contributed by atoms with Gasteiger partial charge in [0.05, 0.1) is 11.9 Å². The van der Waals surface area contributed by atoms with Crippen LogP contribution in [0, 0.1) is 0 Å². The largest absolute Gasteiger partial charge is 0.481 e. The Bertz CT molecular complexity index is 451. The Morgan fingerprint density at radius 2 is 2.37 bits per heavy atom. The zero-order valence-electron chi connectivity index (χ0n) is 10.7. The number of aliphatic hydroxyl groups excluding tert-OH is 1. The van der Waals surface area contributed by atoms with Crippen molar-refractivity contribution in [2.45, 2.75) is 43.7 Å². The molecule has 0 amide bonds. The minimum Gasteiger partial charge on any atom is -0.481 e. The Morgan fingerprint density at radius 1 is 1.58 bits per heavy atom. The van der Waals surface area contributed by atoms with Crippen molar-refractivity contribution in [3.8, 4) is 0 Å². The Hall–Kier alpha value is -1.12. The first-order valence-electron chi connectivity index (χ1n) is 6.12. The number of carboxylic acids is 1. The van der Waals surface area contributed by atoms with E-state index >= 15 is 0 Å². The summed E-state index contributed by atoms with van der Waals surface area (Å²) in [6.07, 6.45) is 1.77. The maximum atomic E-state index is 10.6. The van der Waals surface area contributed by atoms with Crippen molar-refractivity contribution in [2.75, 3.05) is 12.4 Å². The summed E-state index contributed by atoms with van der Waals surface area (Å²) < 4.78 is 7.35. The number of aromatic nitrogens is 3. The highest BCUT2D eigenvalue weighted by atomic mass is 32.2. The molecule has 106 valence electrons. The van der Waals surface area contributed by atoms with Gasteiger partial charge in [0.25, 0.3) is 0 Å². The minimum absolute atomic E-state index is 0.0671. The number of hydrogen-bond donors (Lipinski definition) is 2. The molecular formula is C11H17N3O4S. The molecule has 0 spiro atoms. The third-order valence-electron chi connectivity index (χ3n) is 3.02. The molecule has 1 aliphatic rings. The van der Waals surface area contributed by atoms with Crippen LogP contribution in [0.5, 0.6) is 0 Å². The molecule has 7 nitrogen and oxygen atoms in total. The Balaban J connectivity index is 2.20. The van der Waals surface area contributed by atoms with Crippen molar-refractivity contribution in [2.24, 2.45) is 0 Å². The van der Waals surface area contributed by atoms with Gasteiger partial charge in [-0.1, -0.05) is 11.8 Å². The quantitative estimate of drug-likeness (QED) is 0.769. The van der Waals surface area contributed by atoms with Gasteiger partial charge >= 0.3 is 5.97 Å². The molecule has 0 radical (unpaired) electrons. The maximum absolute atomic E-state index is 10.6. The van der Waals surface area contributed by atoms with Gasteiger partial charge in [-0.15, -0.1) is 10.2 Å². The van der Waals surface area contributed by atoms with Crippen LogP contribution < -0.4 is 0 Å². The third kappa shape index (κ3) is 3.46.